The molecule has 3 N–H and O–H groups in total. The molecule has 0 unspecified atom stereocenters. The molecule has 0 bridgehead atoms. The molecule has 33 heavy (non-hydrogen) atoms. The molecule has 2 aromatic rings. The third kappa shape index (κ3) is 4.56. The summed E-state index contributed by atoms with van der Waals surface area (Å²) in [5.41, 5.74) is 11.4. The number of rotatable bonds is 5. The van der Waals surface area contributed by atoms with E-state index in [-0.39, 0.29) is 18.7 Å². The summed E-state index contributed by atoms with van der Waals surface area (Å²) in [5, 5.41) is 9.84. The number of alkyl halides is 3. The molecule has 0 aromatic carbocycles. The summed E-state index contributed by atoms with van der Waals surface area (Å²) < 4.78 is 40.1. The lowest BCUT2D eigenvalue weighted by molar-refractivity contribution is -0.148. The van der Waals surface area contributed by atoms with Gasteiger partial charge in [-0.3, -0.25) is 4.90 Å². The van der Waals surface area contributed by atoms with Crippen LogP contribution in [0, 0.1) is 6.92 Å². The summed E-state index contributed by atoms with van der Waals surface area (Å²) in [6.07, 6.45) is 1.46. The molecule has 2 aliphatic heterocycles. The summed E-state index contributed by atoms with van der Waals surface area (Å²) in [4.78, 5) is 15.3. The number of aromatic nitrogens is 1. The molecule has 1 saturated heterocycles. The Hall–Kier alpha value is -3.40. The predicted octanol–water partition coefficient (Wildman–Crippen LogP) is 3.45. The Morgan fingerprint density at radius 2 is 1.85 bits per heavy atom. The van der Waals surface area contributed by atoms with Crippen LogP contribution in [0.25, 0.3) is 16.9 Å². The molecule has 176 valence electrons. The summed E-state index contributed by atoms with van der Waals surface area (Å²) >= 11 is 0. The Morgan fingerprint density at radius 1 is 1.15 bits per heavy atom. The van der Waals surface area contributed by atoms with E-state index in [1.165, 1.54) is 4.90 Å². The van der Waals surface area contributed by atoms with Crippen LogP contribution >= 0.6 is 0 Å². The summed E-state index contributed by atoms with van der Waals surface area (Å²) in [6.45, 7) is 8.19. The molecular formula is C23H26F3N5O2. The monoisotopic (exact) mass is 461 g/mol. The van der Waals surface area contributed by atoms with Crippen molar-refractivity contribution in [1.29, 1.82) is 0 Å². The van der Waals surface area contributed by atoms with E-state index in [1.807, 2.05) is 40.6 Å². The molecular weight excluding hydrogens is 435 g/mol. The van der Waals surface area contributed by atoms with Gasteiger partial charge in [0.2, 0.25) is 0 Å². The lowest BCUT2D eigenvalue weighted by Gasteiger charge is -2.37. The minimum atomic E-state index is -4.23. The summed E-state index contributed by atoms with van der Waals surface area (Å²) in [6, 6.07) is 3.53. The number of carboxylic acids is 1. The van der Waals surface area contributed by atoms with Crippen molar-refractivity contribution in [3.05, 3.63) is 65.1 Å². The van der Waals surface area contributed by atoms with Gasteiger partial charge in [-0.05, 0) is 43.7 Å². The van der Waals surface area contributed by atoms with E-state index in [1.54, 1.807) is 13.0 Å². The average Bonchev–Trinajstić information content (AvgIpc) is 3.16. The van der Waals surface area contributed by atoms with Crippen LogP contribution in [0.1, 0.15) is 34.1 Å². The van der Waals surface area contributed by atoms with Crippen LogP contribution in [0.3, 0.4) is 0 Å². The Labute approximate surface area is 189 Å². The van der Waals surface area contributed by atoms with E-state index >= 15 is 0 Å². The van der Waals surface area contributed by atoms with Crippen molar-refractivity contribution in [2.75, 3.05) is 32.7 Å². The van der Waals surface area contributed by atoms with E-state index < -0.39 is 18.7 Å². The highest BCUT2D eigenvalue weighted by Crippen LogP contribution is 2.31. The number of fused-ring (bicyclic) bond motifs is 1. The second kappa shape index (κ2) is 8.51. The Balaban J connectivity index is 1.71. The standard InChI is InChI=1S/C23H26F3N5O2/c1-14-4-5-19(28-27-14)17-6-7-31-20(17)12-18(22(32)33)15(2)21(31)16(3)30-10-8-29(9-11-30)13-23(24,25)26/h4-7,12,27-28H,3,8-11,13H2,1-2H3,(H,32,33). The van der Waals surface area contributed by atoms with Gasteiger partial charge in [-0.2, -0.15) is 13.2 Å². The van der Waals surface area contributed by atoms with Crippen LogP contribution in [0.2, 0.25) is 0 Å². The highest BCUT2D eigenvalue weighted by Gasteiger charge is 2.33. The van der Waals surface area contributed by atoms with Gasteiger partial charge in [-0.1, -0.05) is 6.58 Å². The fraction of sp³-hybridized carbons (Fsp3) is 0.348. The molecule has 0 aliphatic carbocycles. The fourth-order valence-corrected chi connectivity index (χ4v) is 4.34. The van der Waals surface area contributed by atoms with Crippen LogP contribution in [0.15, 0.2) is 42.8 Å². The average molecular weight is 461 g/mol. The summed E-state index contributed by atoms with van der Waals surface area (Å²) in [7, 11) is 0. The smallest absolute Gasteiger partial charge is 0.401 e. The van der Waals surface area contributed by atoms with Gasteiger partial charge in [0.05, 0.1) is 34.7 Å². The van der Waals surface area contributed by atoms with E-state index in [9.17, 15) is 23.1 Å². The first-order valence-corrected chi connectivity index (χ1v) is 10.6. The zero-order chi connectivity index (χ0) is 23.9. The van der Waals surface area contributed by atoms with Gasteiger partial charge in [0.15, 0.2) is 0 Å². The molecule has 4 heterocycles. The second-order valence-corrected chi connectivity index (χ2v) is 8.33. The first kappa shape index (κ1) is 22.8. The van der Waals surface area contributed by atoms with Crippen molar-refractivity contribution >= 4 is 22.9 Å². The van der Waals surface area contributed by atoms with Crippen LogP contribution in [0.5, 0.6) is 0 Å². The molecule has 0 spiro atoms. The number of carboxylic acid groups (broad SMARTS) is 1. The minimum absolute atomic E-state index is 0.158. The quantitative estimate of drug-likeness (QED) is 0.634. The maximum absolute atomic E-state index is 12.7. The number of nitrogens with zero attached hydrogens (tertiary/aromatic N) is 3. The van der Waals surface area contributed by atoms with Gasteiger partial charge in [0.1, 0.15) is 0 Å². The molecule has 0 atom stereocenters. The normalized spacial score (nSPS) is 17.3. The van der Waals surface area contributed by atoms with Gasteiger partial charge in [0.25, 0.3) is 0 Å². The first-order valence-electron chi connectivity index (χ1n) is 10.6. The predicted molar refractivity (Wildman–Crippen MR) is 120 cm³/mol. The van der Waals surface area contributed by atoms with E-state index in [2.05, 4.69) is 17.4 Å². The Morgan fingerprint density at radius 3 is 2.42 bits per heavy atom. The number of hydrazine groups is 1. The molecule has 7 nitrogen and oxygen atoms in total. The number of hydrogen-bond acceptors (Lipinski definition) is 5. The molecule has 2 aromatic heterocycles. The zero-order valence-electron chi connectivity index (χ0n) is 18.5. The van der Waals surface area contributed by atoms with Crippen LogP contribution in [-0.4, -0.2) is 64.2 Å². The van der Waals surface area contributed by atoms with Crippen molar-refractivity contribution in [3.63, 3.8) is 0 Å². The zero-order valence-corrected chi connectivity index (χ0v) is 18.5. The van der Waals surface area contributed by atoms with Crippen molar-refractivity contribution in [2.45, 2.75) is 20.0 Å². The van der Waals surface area contributed by atoms with E-state index in [0.29, 0.717) is 35.6 Å². The molecule has 0 saturated carbocycles. The first-order chi connectivity index (χ1) is 15.5. The lowest BCUT2D eigenvalue weighted by Crippen LogP contribution is -2.48. The number of nitrogens with one attached hydrogen (secondary N) is 2. The topological polar surface area (TPSA) is 72.2 Å². The third-order valence-corrected chi connectivity index (χ3v) is 6.05. The van der Waals surface area contributed by atoms with Crippen molar-refractivity contribution in [3.8, 4) is 0 Å². The third-order valence-electron chi connectivity index (χ3n) is 6.05. The molecule has 0 amide bonds. The number of aromatic carboxylic acids is 1. The largest absolute Gasteiger partial charge is 0.478 e. The number of piperazine rings is 1. The Kier molecular flexibility index (Phi) is 5.87. The Bertz CT molecular complexity index is 1170. The summed E-state index contributed by atoms with van der Waals surface area (Å²) in [5.74, 6) is -1.05. The van der Waals surface area contributed by atoms with Gasteiger partial charge < -0.3 is 25.3 Å². The van der Waals surface area contributed by atoms with Crippen molar-refractivity contribution in [1.82, 2.24) is 25.1 Å². The van der Waals surface area contributed by atoms with Crippen LogP contribution in [-0.2, 0) is 0 Å². The lowest BCUT2D eigenvalue weighted by atomic mass is 10.0. The number of carbonyl (C=O) groups is 1. The van der Waals surface area contributed by atoms with Gasteiger partial charge in [0, 0.05) is 43.6 Å². The van der Waals surface area contributed by atoms with Crippen molar-refractivity contribution < 1.29 is 23.1 Å². The molecule has 4 rings (SSSR count). The second-order valence-electron chi connectivity index (χ2n) is 8.33. The van der Waals surface area contributed by atoms with Crippen LogP contribution < -0.4 is 10.9 Å². The van der Waals surface area contributed by atoms with Gasteiger partial charge in [-0.15, -0.1) is 0 Å². The maximum atomic E-state index is 12.7. The number of hydrogen-bond donors (Lipinski definition) is 3. The highest BCUT2D eigenvalue weighted by molar-refractivity contribution is 5.94. The van der Waals surface area contributed by atoms with Gasteiger partial charge >= 0.3 is 12.1 Å². The number of pyridine rings is 1. The molecule has 10 heteroatoms. The van der Waals surface area contributed by atoms with Gasteiger partial charge in [-0.25, -0.2) is 4.79 Å². The molecule has 0 radical (unpaired) electrons. The maximum Gasteiger partial charge on any atom is 0.401 e. The van der Waals surface area contributed by atoms with E-state index in [4.69, 9.17) is 0 Å². The van der Waals surface area contributed by atoms with Crippen LogP contribution in [0.4, 0.5) is 13.2 Å². The number of allylic oxidation sites excluding steroid dienone is 3. The minimum Gasteiger partial charge on any atom is -0.478 e. The highest BCUT2D eigenvalue weighted by atomic mass is 19.4. The fourth-order valence-electron chi connectivity index (χ4n) is 4.34. The van der Waals surface area contributed by atoms with E-state index in [0.717, 1.165) is 17.0 Å². The molecule has 1 fully saturated rings. The SMILES string of the molecule is C=C(c1c(C)c(C(=O)O)cc2c(C3=CC=C(C)NN3)ccn12)N1CCN(CC(F)(F)F)CC1. The van der Waals surface area contributed by atoms with Crippen molar-refractivity contribution in [2.24, 2.45) is 0 Å². The number of halogens is 3. The molecule has 2 aliphatic rings.